The van der Waals surface area contributed by atoms with Crippen molar-refractivity contribution in [2.75, 3.05) is 0 Å². The monoisotopic (exact) mass is 306 g/mol. The molecule has 0 unspecified atom stereocenters. The predicted octanol–water partition coefficient (Wildman–Crippen LogP) is 2.26. The number of thiophene rings is 1. The second kappa shape index (κ2) is 5.59. The molecule has 0 amide bonds. The Hall–Kier alpha value is -1.93. The fourth-order valence-corrected chi connectivity index (χ4v) is 3.75. The quantitative estimate of drug-likeness (QED) is 0.728. The summed E-state index contributed by atoms with van der Waals surface area (Å²) < 4.78 is 2.54. The first-order valence-electron chi connectivity index (χ1n) is 5.80. The summed E-state index contributed by atoms with van der Waals surface area (Å²) in [5.74, 6) is -0.246. The lowest BCUT2D eigenvalue weighted by Crippen LogP contribution is -2.11. The van der Waals surface area contributed by atoms with Gasteiger partial charge in [0.15, 0.2) is 0 Å². The van der Waals surface area contributed by atoms with Crippen molar-refractivity contribution in [1.29, 1.82) is 0 Å². The van der Waals surface area contributed by atoms with Crippen LogP contribution in [0.5, 0.6) is 0 Å². The summed E-state index contributed by atoms with van der Waals surface area (Å²) in [5, 5.41) is 23.7. The van der Waals surface area contributed by atoms with Crippen LogP contribution in [0.25, 0.3) is 10.1 Å². The minimum atomic E-state index is -0.958. The van der Waals surface area contributed by atoms with Gasteiger partial charge in [-0.15, -0.1) is 16.4 Å². The second-order valence-corrected chi connectivity index (χ2v) is 5.91. The van der Waals surface area contributed by atoms with E-state index in [1.54, 1.807) is 11.3 Å². The van der Waals surface area contributed by atoms with Crippen LogP contribution < -0.4 is 0 Å². The molecule has 2 aromatic heterocycles. The highest BCUT2D eigenvalue weighted by Gasteiger charge is 2.11. The van der Waals surface area contributed by atoms with Crippen LogP contribution in [0.4, 0.5) is 0 Å². The third-order valence-electron chi connectivity index (χ3n) is 2.70. The Morgan fingerprint density at radius 2 is 2.25 bits per heavy atom. The molecule has 1 N–H and O–H groups in total. The average Bonchev–Trinajstić information content (AvgIpc) is 3.02. The number of carbonyl (C=O) groups is 1. The Morgan fingerprint density at radius 3 is 3.10 bits per heavy atom. The summed E-state index contributed by atoms with van der Waals surface area (Å²) in [5.41, 5.74) is 1.21. The highest BCUT2D eigenvalue weighted by molar-refractivity contribution is 7.98. The molecule has 3 aromatic rings. The van der Waals surface area contributed by atoms with Gasteiger partial charge in [-0.3, -0.25) is 4.79 Å². The zero-order chi connectivity index (χ0) is 13.9. The number of benzene rings is 1. The lowest BCUT2D eigenvalue weighted by molar-refractivity contribution is -0.138. The molecule has 0 fully saturated rings. The Morgan fingerprint density at radius 1 is 1.40 bits per heavy atom. The maximum Gasteiger partial charge on any atom is 0.325 e. The molecule has 0 saturated carbocycles. The van der Waals surface area contributed by atoms with Gasteiger partial charge in [-0.25, -0.2) is 4.68 Å². The van der Waals surface area contributed by atoms with Gasteiger partial charge in [0.25, 0.3) is 0 Å². The van der Waals surface area contributed by atoms with E-state index in [4.69, 9.17) is 5.11 Å². The highest BCUT2D eigenvalue weighted by Crippen LogP contribution is 2.30. The standard InChI is InChI=1S/C12H10N4O2S2/c17-11(18)5-16-12(13-14-15-16)20-7-8-6-19-10-4-2-1-3-9(8)10/h1-4,6H,5,7H2,(H,17,18). The van der Waals surface area contributed by atoms with Crippen LogP contribution in [0.1, 0.15) is 5.56 Å². The number of aliphatic carboxylic acids is 1. The molecule has 0 aliphatic carbocycles. The van der Waals surface area contributed by atoms with E-state index < -0.39 is 5.97 Å². The summed E-state index contributed by atoms with van der Waals surface area (Å²) in [6, 6.07) is 8.20. The van der Waals surface area contributed by atoms with Crippen LogP contribution in [0.3, 0.4) is 0 Å². The molecule has 0 radical (unpaired) electrons. The maximum absolute atomic E-state index is 10.7. The Labute approximate surface area is 122 Å². The molecular formula is C12H10N4O2S2. The molecule has 20 heavy (non-hydrogen) atoms. The minimum Gasteiger partial charge on any atom is -0.480 e. The summed E-state index contributed by atoms with van der Waals surface area (Å²) in [6.45, 7) is -0.223. The fraction of sp³-hybridized carbons (Fsp3) is 0.167. The van der Waals surface area contributed by atoms with Crippen molar-refractivity contribution in [3.05, 3.63) is 35.2 Å². The molecule has 0 bridgehead atoms. The van der Waals surface area contributed by atoms with Gasteiger partial charge >= 0.3 is 5.97 Å². The summed E-state index contributed by atoms with van der Waals surface area (Å²) >= 11 is 3.14. The van der Waals surface area contributed by atoms with Gasteiger partial charge in [0, 0.05) is 10.5 Å². The molecular weight excluding hydrogens is 296 g/mol. The van der Waals surface area contributed by atoms with Crippen molar-refractivity contribution >= 4 is 39.2 Å². The van der Waals surface area contributed by atoms with Crippen LogP contribution in [-0.2, 0) is 17.1 Å². The molecule has 6 nitrogen and oxygen atoms in total. The first kappa shape index (κ1) is 13.1. The summed E-state index contributed by atoms with van der Waals surface area (Å²) in [6.07, 6.45) is 0. The molecule has 0 saturated heterocycles. The van der Waals surface area contributed by atoms with Crippen molar-refractivity contribution in [2.45, 2.75) is 17.5 Å². The third kappa shape index (κ3) is 2.66. The zero-order valence-electron chi connectivity index (χ0n) is 10.3. The number of rotatable bonds is 5. The van der Waals surface area contributed by atoms with Crippen molar-refractivity contribution in [3.63, 3.8) is 0 Å². The first-order valence-corrected chi connectivity index (χ1v) is 7.66. The molecule has 1 aromatic carbocycles. The molecule has 8 heteroatoms. The smallest absolute Gasteiger partial charge is 0.325 e. The molecule has 0 aliphatic rings. The number of tetrazole rings is 1. The highest BCUT2D eigenvalue weighted by atomic mass is 32.2. The van der Waals surface area contributed by atoms with Gasteiger partial charge < -0.3 is 5.11 Å². The normalized spacial score (nSPS) is 11.0. The largest absolute Gasteiger partial charge is 0.480 e. The molecule has 0 atom stereocenters. The van der Waals surface area contributed by atoms with Gasteiger partial charge in [-0.05, 0) is 32.8 Å². The van der Waals surface area contributed by atoms with Crippen LogP contribution in [0, 0.1) is 0 Å². The van der Waals surface area contributed by atoms with E-state index in [9.17, 15) is 4.79 Å². The van der Waals surface area contributed by atoms with Crippen molar-refractivity contribution in [1.82, 2.24) is 20.2 Å². The summed E-state index contributed by atoms with van der Waals surface area (Å²) in [4.78, 5) is 10.7. The van der Waals surface area contributed by atoms with E-state index in [1.807, 2.05) is 12.1 Å². The Bertz CT molecular complexity index is 753. The SMILES string of the molecule is O=C(O)Cn1nnnc1SCc1csc2ccccc12. The number of hydrogen-bond acceptors (Lipinski definition) is 6. The topological polar surface area (TPSA) is 80.9 Å². The van der Waals surface area contributed by atoms with Crippen LogP contribution >= 0.6 is 23.1 Å². The van der Waals surface area contributed by atoms with Gasteiger partial charge in [0.05, 0.1) is 0 Å². The van der Waals surface area contributed by atoms with Crippen LogP contribution in [-0.4, -0.2) is 31.3 Å². The minimum absolute atomic E-state index is 0.223. The van der Waals surface area contributed by atoms with Crippen molar-refractivity contribution in [3.8, 4) is 0 Å². The number of nitrogens with zero attached hydrogens (tertiary/aromatic N) is 4. The van der Waals surface area contributed by atoms with E-state index >= 15 is 0 Å². The Balaban J connectivity index is 1.76. The second-order valence-electron chi connectivity index (χ2n) is 4.06. The van der Waals surface area contributed by atoms with Gasteiger partial charge in [0.1, 0.15) is 6.54 Å². The van der Waals surface area contributed by atoms with Gasteiger partial charge in [0.2, 0.25) is 5.16 Å². The molecule has 102 valence electrons. The summed E-state index contributed by atoms with van der Waals surface area (Å²) in [7, 11) is 0. The number of aromatic nitrogens is 4. The third-order valence-corrected chi connectivity index (χ3v) is 4.72. The number of carboxylic acids is 1. The van der Waals surface area contributed by atoms with Gasteiger partial charge in [-0.2, -0.15) is 0 Å². The maximum atomic E-state index is 10.7. The first-order chi connectivity index (χ1) is 9.74. The van der Waals surface area contributed by atoms with Crippen molar-refractivity contribution < 1.29 is 9.90 Å². The average molecular weight is 306 g/mol. The Kier molecular flexibility index (Phi) is 3.66. The number of hydrogen-bond donors (Lipinski definition) is 1. The lowest BCUT2D eigenvalue weighted by atomic mass is 10.2. The van der Waals surface area contributed by atoms with Crippen LogP contribution in [0.15, 0.2) is 34.8 Å². The van der Waals surface area contributed by atoms with E-state index in [1.165, 1.54) is 32.1 Å². The van der Waals surface area contributed by atoms with E-state index in [0.717, 1.165) is 0 Å². The number of thioether (sulfide) groups is 1. The van der Waals surface area contributed by atoms with Crippen molar-refractivity contribution in [2.24, 2.45) is 0 Å². The fourth-order valence-electron chi connectivity index (χ4n) is 1.81. The molecule has 3 rings (SSSR count). The molecule has 2 heterocycles. The molecule has 0 spiro atoms. The van der Waals surface area contributed by atoms with E-state index in [0.29, 0.717) is 10.9 Å². The van der Waals surface area contributed by atoms with E-state index in [-0.39, 0.29) is 6.54 Å². The lowest BCUT2D eigenvalue weighted by Gasteiger charge is -2.01. The zero-order valence-corrected chi connectivity index (χ0v) is 11.9. The predicted molar refractivity (Wildman–Crippen MR) is 76.8 cm³/mol. The molecule has 0 aliphatic heterocycles. The van der Waals surface area contributed by atoms with Crippen LogP contribution in [0.2, 0.25) is 0 Å². The van der Waals surface area contributed by atoms with E-state index in [2.05, 4.69) is 33.0 Å². The van der Waals surface area contributed by atoms with Gasteiger partial charge in [-0.1, -0.05) is 30.0 Å². The number of fused-ring (bicyclic) bond motifs is 1. The number of carboxylic acid groups (broad SMARTS) is 1.